The van der Waals surface area contributed by atoms with E-state index < -0.39 is 30.4 Å². The molecule has 45 heavy (non-hydrogen) atoms. The minimum absolute atomic E-state index is 0.0758. The molecule has 1 aliphatic rings. The van der Waals surface area contributed by atoms with Gasteiger partial charge in [-0.1, -0.05) is 36.0 Å². The summed E-state index contributed by atoms with van der Waals surface area (Å²) in [7, 11) is 0. The van der Waals surface area contributed by atoms with Crippen LogP contribution in [0, 0.1) is 6.92 Å². The van der Waals surface area contributed by atoms with Crippen molar-refractivity contribution < 1.29 is 41.0 Å². The summed E-state index contributed by atoms with van der Waals surface area (Å²) in [5.41, 5.74) is 0.820. The molecule has 0 radical (unpaired) electrons. The van der Waals surface area contributed by atoms with Crippen LogP contribution in [0.25, 0.3) is 17.8 Å². The molecule has 0 saturated carbocycles. The molecular formula is C29H22F6N6O3S. The second-order valence-electron chi connectivity index (χ2n) is 9.51. The highest BCUT2D eigenvalue weighted by atomic mass is 32.2. The van der Waals surface area contributed by atoms with Crippen molar-refractivity contribution in [2.24, 2.45) is 4.99 Å². The molecule has 2 heterocycles. The number of aromatic nitrogens is 3. The monoisotopic (exact) mass is 648 g/mol. The molecule has 1 amide bonds. The number of aliphatic hydroxyl groups is 1. The molecular weight excluding hydrogens is 626 g/mol. The van der Waals surface area contributed by atoms with Crippen LogP contribution in [-0.2, 0) is 11.0 Å². The van der Waals surface area contributed by atoms with Gasteiger partial charge in [0.15, 0.2) is 11.0 Å². The predicted molar refractivity (Wildman–Crippen MR) is 157 cm³/mol. The molecule has 0 aliphatic carbocycles. The Kier molecular flexibility index (Phi) is 8.88. The highest BCUT2D eigenvalue weighted by molar-refractivity contribution is 8.15. The number of rotatable bonds is 8. The van der Waals surface area contributed by atoms with E-state index in [1.165, 1.54) is 35.3 Å². The van der Waals surface area contributed by atoms with E-state index >= 15 is 0 Å². The molecule has 4 aromatic rings. The van der Waals surface area contributed by atoms with Gasteiger partial charge in [-0.2, -0.15) is 13.2 Å². The zero-order valence-electron chi connectivity index (χ0n) is 23.0. The number of nitrogens with zero attached hydrogens (tertiary/aromatic N) is 5. The summed E-state index contributed by atoms with van der Waals surface area (Å²) in [6, 6.07) is 15.3. The molecule has 1 unspecified atom stereocenters. The van der Waals surface area contributed by atoms with Crippen molar-refractivity contribution in [1.29, 1.82) is 0 Å². The van der Waals surface area contributed by atoms with Gasteiger partial charge in [-0.25, -0.2) is 14.7 Å². The van der Waals surface area contributed by atoms with Gasteiger partial charge in [0.05, 0.1) is 22.7 Å². The number of amides is 1. The van der Waals surface area contributed by atoms with Crippen LogP contribution in [-0.4, -0.2) is 49.4 Å². The number of thioether (sulfide) groups is 1. The van der Waals surface area contributed by atoms with Crippen molar-refractivity contribution in [2.75, 3.05) is 16.0 Å². The summed E-state index contributed by atoms with van der Waals surface area (Å²) in [5, 5.41) is 17.4. The summed E-state index contributed by atoms with van der Waals surface area (Å²) in [6.45, 7) is 1.61. The summed E-state index contributed by atoms with van der Waals surface area (Å²) < 4.78 is 83.3. The summed E-state index contributed by atoms with van der Waals surface area (Å²) in [4.78, 5) is 21.6. The van der Waals surface area contributed by atoms with Crippen LogP contribution < -0.4 is 15.0 Å². The van der Waals surface area contributed by atoms with Crippen molar-refractivity contribution in [2.45, 2.75) is 25.8 Å². The van der Waals surface area contributed by atoms with Gasteiger partial charge in [0, 0.05) is 5.69 Å². The largest absolute Gasteiger partial charge is 0.573 e. The number of carbonyl (C=O) groups excluding carboxylic acids is 1. The number of amidine groups is 1. The second kappa shape index (κ2) is 12.6. The Bertz CT molecular complexity index is 1740. The zero-order chi connectivity index (χ0) is 32.4. The van der Waals surface area contributed by atoms with Crippen LogP contribution in [0.3, 0.4) is 0 Å². The molecule has 3 aromatic carbocycles. The number of anilines is 2. The van der Waals surface area contributed by atoms with Crippen LogP contribution in [0.15, 0.2) is 78.0 Å². The standard InChI is InChI=1S/C29H22F6N6O3S/c1-17-2-12-22(28(30,31)32)23(14-17)41-25(42)15-45-27(41)38-26(43)37-19-6-3-18(4-7-19)5-13-24-36-16-40(39-24)20-8-10-21(11-9-20)44-29(33,34)35/h2-14,16,26,37,43H,15H2,1H3/b13-5+,38-27-. The first-order chi connectivity index (χ1) is 21.2. The molecule has 2 N–H and O–H groups in total. The number of alkyl halides is 6. The number of nitrogens with one attached hydrogen (secondary N) is 1. The Morgan fingerprint density at radius 2 is 1.73 bits per heavy atom. The van der Waals surface area contributed by atoms with Crippen molar-refractivity contribution in [3.05, 3.63) is 95.6 Å². The van der Waals surface area contributed by atoms with Gasteiger partial charge >= 0.3 is 12.5 Å². The summed E-state index contributed by atoms with van der Waals surface area (Å²) in [5.74, 6) is -0.755. The highest BCUT2D eigenvalue weighted by Gasteiger charge is 2.39. The normalized spacial score (nSPS) is 15.7. The SMILES string of the molecule is Cc1ccc(C(F)(F)F)c(N2C(=O)CS/C2=N\C(O)Nc2ccc(/C=C/c3ncn(-c4ccc(OC(F)(F)F)cc4)n3)cc2)c1. The van der Waals surface area contributed by atoms with Gasteiger partial charge in [0.1, 0.15) is 12.1 Å². The molecule has 5 rings (SSSR count). The number of hydrogen-bond acceptors (Lipinski definition) is 8. The smallest absolute Gasteiger partial charge is 0.406 e. The number of aliphatic imine (C=N–C) groups is 1. The third kappa shape index (κ3) is 8.02. The molecule has 16 heteroatoms. The quantitative estimate of drug-likeness (QED) is 0.166. The Morgan fingerprint density at radius 3 is 2.40 bits per heavy atom. The van der Waals surface area contributed by atoms with Gasteiger partial charge in [-0.3, -0.25) is 9.69 Å². The maximum absolute atomic E-state index is 13.7. The minimum Gasteiger partial charge on any atom is -0.406 e. The molecule has 9 nitrogen and oxygen atoms in total. The van der Waals surface area contributed by atoms with Crippen LogP contribution in [0.4, 0.5) is 37.7 Å². The van der Waals surface area contributed by atoms with Crippen LogP contribution >= 0.6 is 11.8 Å². The zero-order valence-corrected chi connectivity index (χ0v) is 23.9. The number of aliphatic hydroxyl groups excluding tert-OH is 1. The van der Waals surface area contributed by atoms with Gasteiger partial charge in [-0.05, 0) is 72.7 Å². The third-order valence-corrected chi connectivity index (χ3v) is 7.11. The van der Waals surface area contributed by atoms with E-state index in [9.17, 15) is 36.2 Å². The molecule has 0 bridgehead atoms. The molecule has 234 valence electrons. The van der Waals surface area contributed by atoms with Crippen molar-refractivity contribution in [1.82, 2.24) is 14.8 Å². The topological polar surface area (TPSA) is 105 Å². The number of ether oxygens (including phenoxy) is 1. The lowest BCUT2D eigenvalue weighted by atomic mass is 10.1. The van der Waals surface area contributed by atoms with E-state index in [4.69, 9.17) is 0 Å². The van der Waals surface area contributed by atoms with Crippen LogP contribution in [0.2, 0.25) is 0 Å². The lowest BCUT2D eigenvalue weighted by molar-refractivity contribution is -0.274. The van der Waals surface area contributed by atoms with E-state index in [2.05, 4.69) is 25.1 Å². The van der Waals surface area contributed by atoms with E-state index in [-0.39, 0.29) is 22.4 Å². The molecule has 1 aliphatic heterocycles. The Balaban J connectivity index is 1.23. The third-order valence-electron chi connectivity index (χ3n) is 6.17. The first-order valence-corrected chi connectivity index (χ1v) is 14.0. The fourth-order valence-corrected chi connectivity index (χ4v) is 5.07. The van der Waals surface area contributed by atoms with Gasteiger partial charge in [0.25, 0.3) is 0 Å². The maximum Gasteiger partial charge on any atom is 0.573 e. The Morgan fingerprint density at radius 1 is 1.02 bits per heavy atom. The molecule has 1 atom stereocenters. The van der Waals surface area contributed by atoms with Crippen LogP contribution in [0.1, 0.15) is 22.5 Å². The number of carbonyl (C=O) groups is 1. The first-order valence-electron chi connectivity index (χ1n) is 13.0. The van der Waals surface area contributed by atoms with Crippen LogP contribution in [0.5, 0.6) is 5.75 Å². The lowest BCUT2D eigenvalue weighted by Crippen LogP contribution is -2.33. The molecule has 1 aromatic heterocycles. The number of benzene rings is 3. The molecule has 1 saturated heterocycles. The fourth-order valence-electron chi connectivity index (χ4n) is 4.19. The number of hydrogen-bond donors (Lipinski definition) is 2. The van der Waals surface area contributed by atoms with Gasteiger partial charge in [-0.15, -0.1) is 18.3 Å². The summed E-state index contributed by atoms with van der Waals surface area (Å²) >= 11 is 0.917. The second-order valence-corrected chi connectivity index (χ2v) is 10.5. The van der Waals surface area contributed by atoms with Gasteiger partial charge in [0.2, 0.25) is 12.3 Å². The Hall–Kier alpha value is -4.83. The molecule has 1 fully saturated rings. The predicted octanol–water partition coefficient (Wildman–Crippen LogP) is 6.49. The van der Waals surface area contributed by atoms with E-state index in [0.29, 0.717) is 22.8 Å². The highest BCUT2D eigenvalue weighted by Crippen LogP contribution is 2.40. The lowest BCUT2D eigenvalue weighted by Gasteiger charge is -2.22. The molecule has 0 spiro atoms. The van der Waals surface area contributed by atoms with Crippen molar-refractivity contribution >= 4 is 46.4 Å². The van der Waals surface area contributed by atoms with Crippen molar-refractivity contribution in [3.63, 3.8) is 0 Å². The summed E-state index contributed by atoms with van der Waals surface area (Å²) in [6.07, 6.45) is -6.33. The van der Waals surface area contributed by atoms with Crippen molar-refractivity contribution in [3.8, 4) is 11.4 Å². The van der Waals surface area contributed by atoms with E-state index in [1.54, 1.807) is 43.3 Å². The maximum atomic E-state index is 13.7. The number of halogens is 6. The Labute approximate surface area is 255 Å². The first kappa shape index (κ1) is 31.6. The average Bonchev–Trinajstić information content (AvgIpc) is 3.58. The van der Waals surface area contributed by atoms with E-state index in [1.807, 2.05) is 0 Å². The average molecular weight is 649 g/mol. The fraction of sp³-hybridized carbons (Fsp3) is 0.172. The number of aryl methyl sites for hydroxylation is 1. The van der Waals surface area contributed by atoms with E-state index in [0.717, 1.165) is 40.4 Å². The minimum atomic E-state index is -4.79. The van der Waals surface area contributed by atoms with Gasteiger partial charge < -0.3 is 15.2 Å².